The van der Waals surface area contributed by atoms with Crippen LogP contribution in [0.25, 0.3) is 0 Å². The first-order chi connectivity index (χ1) is 13.1. The first-order valence-electron chi connectivity index (χ1n) is 10.1. The van der Waals surface area contributed by atoms with E-state index in [0.29, 0.717) is 37.6 Å². The first kappa shape index (κ1) is 26.8. The third kappa shape index (κ3) is 11.6. The maximum absolute atomic E-state index is 12.0. The van der Waals surface area contributed by atoms with Gasteiger partial charge in [0.25, 0.3) is 0 Å². The molecule has 0 spiro atoms. The van der Waals surface area contributed by atoms with Crippen molar-refractivity contribution in [3.63, 3.8) is 0 Å². The van der Waals surface area contributed by atoms with Crippen LogP contribution in [0.2, 0.25) is 0 Å². The van der Waals surface area contributed by atoms with Crippen LogP contribution >= 0.6 is 11.8 Å². The monoisotopic (exact) mass is 418 g/mol. The van der Waals surface area contributed by atoms with E-state index < -0.39 is 10.8 Å². The summed E-state index contributed by atoms with van der Waals surface area (Å²) in [6, 6.07) is 0. The molecule has 0 fully saturated rings. The molecule has 0 aromatic rings. The molecular formula is C21H38O6S. The summed E-state index contributed by atoms with van der Waals surface area (Å²) >= 11 is 1.56. The van der Waals surface area contributed by atoms with Gasteiger partial charge in [-0.15, -0.1) is 0 Å². The molecule has 0 aliphatic carbocycles. The molecule has 0 aromatic carbocycles. The Labute approximate surface area is 174 Å². The van der Waals surface area contributed by atoms with E-state index in [9.17, 15) is 14.4 Å². The average Bonchev–Trinajstić information content (AvgIpc) is 2.64. The number of hydrogen-bond acceptors (Lipinski definition) is 7. The summed E-state index contributed by atoms with van der Waals surface area (Å²) in [5, 5.41) is 0. The van der Waals surface area contributed by atoms with Gasteiger partial charge >= 0.3 is 17.9 Å². The van der Waals surface area contributed by atoms with Crippen molar-refractivity contribution >= 4 is 29.7 Å². The molecule has 0 saturated heterocycles. The standard InChI is InChI=1S/C21H38O6S/c1-7-9-12-26-19(24)21(5,6)16-28-15-14-25-17(22)11-10-13-27-18(23)20(3,4)8-2/h7-16H2,1-6H3. The molecule has 0 atom stereocenters. The van der Waals surface area contributed by atoms with Crippen molar-refractivity contribution in [1.29, 1.82) is 0 Å². The van der Waals surface area contributed by atoms with Crippen LogP contribution in [0.4, 0.5) is 0 Å². The number of unbranched alkanes of at least 4 members (excludes halogenated alkanes) is 1. The summed E-state index contributed by atoms with van der Waals surface area (Å²) in [6.07, 6.45) is 3.25. The van der Waals surface area contributed by atoms with Crippen LogP contribution in [-0.2, 0) is 28.6 Å². The molecule has 0 amide bonds. The van der Waals surface area contributed by atoms with E-state index in [1.165, 1.54) is 0 Å². The minimum absolute atomic E-state index is 0.189. The van der Waals surface area contributed by atoms with E-state index in [1.54, 1.807) is 11.8 Å². The third-order valence-corrected chi connectivity index (χ3v) is 5.81. The summed E-state index contributed by atoms with van der Waals surface area (Å²) in [6.45, 7) is 12.4. The van der Waals surface area contributed by atoms with Crippen LogP contribution in [0.15, 0.2) is 0 Å². The number of rotatable bonds is 15. The van der Waals surface area contributed by atoms with Crippen molar-refractivity contribution in [2.24, 2.45) is 10.8 Å². The second kappa shape index (κ2) is 13.9. The molecule has 0 rings (SSSR count). The van der Waals surface area contributed by atoms with Crippen LogP contribution in [0.3, 0.4) is 0 Å². The highest BCUT2D eigenvalue weighted by atomic mass is 32.2. The second-order valence-electron chi connectivity index (χ2n) is 8.12. The largest absolute Gasteiger partial charge is 0.465 e. The maximum atomic E-state index is 12.0. The number of carbonyl (C=O) groups is 3. The summed E-state index contributed by atoms with van der Waals surface area (Å²) in [5.41, 5.74) is -1.05. The lowest BCUT2D eigenvalue weighted by Gasteiger charge is -2.22. The minimum Gasteiger partial charge on any atom is -0.465 e. The lowest BCUT2D eigenvalue weighted by atomic mass is 9.91. The molecule has 0 bridgehead atoms. The lowest BCUT2D eigenvalue weighted by molar-refractivity contribution is -0.155. The molecule has 0 aliphatic rings. The molecule has 28 heavy (non-hydrogen) atoms. The Morgan fingerprint density at radius 3 is 1.93 bits per heavy atom. The van der Waals surface area contributed by atoms with Crippen LogP contribution in [-0.4, -0.2) is 49.2 Å². The Hall–Kier alpha value is -1.24. The highest BCUT2D eigenvalue weighted by molar-refractivity contribution is 7.99. The molecule has 0 aromatic heterocycles. The van der Waals surface area contributed by atoms with Crippen LogP contribution < -0.4 is 0 Å². The number of hydrogen-bond donors (Lipinski definition) is 0. The fourth-order valence-electron chi connectivity index (χ4n) is 1.90. The zero-order valence-corrected chi connectivity index (χ0v) is 19.2. The van der Waals surface area contributed by atoms with Gasteiger partial charge in [-0.1, -0.05) is 20.3 Å². The maximum Gasteiger partial charge on any atom is 0.312 e. The van der Waals surface area contributed by atoms with Crippen molar-refractivity contribution in [3.05, 3.63) is 0 Å². The van der Waals surface area contributed by atoms with Gasteiger partial charge in [-0.05, 0) is 47.0 Å². The molecule has 0 saturated carbocycles. The van der Waals surface area contributed by atoms with Crippen LogP contribution in [0.1, 0.15) is 73.6 Å². The highest BCUT2D eigenvalue weighted by Crippen LogP contribution is 2.24. The van der Waals surface area contributed by atoms with Gasteiger partial charge in [-0.2, -0.15) is 11.8 Å². The van der Waals surface area contributed by atoms with E-state index in [4.69, 9.17) is 14.2 Å². The number of esters is 3. The zero-order valence-electron chi connectivity index (χ0n) is 18.4. The van der Waals surface area contributed by atoms with Gasteiger partial charge in [-0.3, -0.25) is 14.4 Å². The van der Waals surface area contributed by atoms with Gasteiger partial charge in [0, 0.05) is 17.9 Å². The van der Waals surface area contributed by atoms with Crippen molar-refractivity contribution in [2.45, 2.75) is 73.6 Å². The van der Waals surface area contributed by atoms with Crippen molar-refractivity contribution in [3.8, 4) is 0 Å². The Bertz CT molecular complexity index is 487. The van der Waals surface area contributed by atoms with Crippen LogP contribution in [0.5, 0.6) is 0 Å². The Kier molecular flexibility index (Phi) is 13.2. The Balaban J connectivity index is 3.82. The highest BCUT2D eigenvalue weighted by Gasteiger charge is 2.29. The van der Waals surface area contributed by atoms with E-state index in [1.807, 2.05) is 34.6 Å². The zero-order chi connectivity index (χ0) is 21.6. The molecule has 0 unspecified atom stereocenters. The minimum atomic E-state index is -0.557. The number of carbonyl (C=O) groups excluding carboxylic acids is 3. The van der Waals surface area contributed by atoms with Crippen molar-refractivity contribution < 1.29 is 28.6 Å². The van der Waals surface area contributed by atoms with E-state index >= 15 is 0 Å². The summed E-state index contributed by atoms with van der Waals surface area (Å²) in [5.74, 6) is 0.502. The van der Waals surface area contributed by atoms with Gasteiger partial charge in [0.15, 0.2) is 0 Å². The Morgan fingerprint density at radius 1 is 0.786 bits per heavy atom. The smallest absolute Gasteiger partial charge is 0.312 e. The molecule has 0 N–H and O–H groups in total. The second-order valence-corrected chi connectivity index (χ2v) is 9.23. The third-order valence-electron chi connectivity index (χ3n) is 4.43. The topological polar surface area (TPSA) is 78.9 Å². The van der Waals surface area contributed by atoms with Crippen molar-refractivity contribution in [2.75, 3.05) is 31.3 Å². The van der Waals surface area contributed by atoms with Gasteiger partial charge in [-0.25, -0.2) is 0 Å². The quantitative estimate of drug-likeness (QED) is 0.222. The van der Waals surface area contributed by atoms with Gasteiger partial charge in [0.05, 0.1) is 24.0 Å². The average molecular weight is 419 g/mol. The molecule has 0 radical (unpaired) electrons. The van der Waals surface area contributed by atoms with Gasteiger partial charge < -0.3 is 14.2 Å². The van der Waals surface area contributed by atoms with Crippen LogP contribution in [0, 0.1) is 10.8 Å². The molecule has 164 valence electrons. The molecular weight excluding hydrogens is 380 g/mol. The molecule has 0 aliphatic heterocycles. The number of ether oxygens (including phenoxy) is 3. The molecule has 6 nitrogen and oxygen atoms in total. The molecule has 7 heteroatoms. The summed E-state index contributed by atoms with van der Waals surface area (Å²) < 4.78 is 15.6. The van der Waals surface area contributed by atoms with Gasteiger partial charge in [0.2, 0.25) is 0 Å². The Morgan fingerprint density at radius 2 is 1.36 bits per heavy atom. The van der Waals surface area contributed by atoms with E-state index in [-0.39, 0.29) is 30.9 Å². The first-order valence-corrected chi connectivity index (χ1v) is 11.3. The summed E-state index contributed by atoms with van der Waals surface area (Å²) in [4.78, 5) is 35.6. The SMILES string of the molecule is CCCCOC(=O)C(C)(C)CSCCOC(=O)CCCOC(=O)C(C)(C)CC. The van der Waals surface area contributed by atoms with Crippen molar-refractivity contribution in [1.82, 2.24) is 0 Å². The fraction of sp³-hybridized carbons (Fsp3) is 0.857. The van der Waals surface area contributed by atoms with Gasteiger partial charge in [0.1, 0.15) is 6.61 Å². The molecule has 0 heterocycles. The predicted octanol–water partition coefficient (Wildman–Crippen LogP) is 4.39. The fourth-order valence-corrected chi connectivity index (χ4v) is 2.87. The lowest BCUT2D eigenvalue weighted by Crippen LogP contribution is -2.29. The predicted molar refractivity (Wildman–Crippen MR) is 112 cm³/mol. The van der Waals surface area contributed by atoms with E-state index in [2.05, 4.69) is 6.92 Å². The number of thioether (sulfide) groups is 1. The summed E-state index contributed by atoms with van der Waals surface area (Å²) in [7, 11) is 0. The van der Waals surface area contributed by atoms with E-state index in [0.717, 1.165) is 12.8 Å². The normalized spacial score (nSPS) is 11.8.